The molecule has 4 rings (SSSR count). The van der Waals surface area contributed by atoms with Gasteiger partial charge in [-0.3, -0.25) is 4.79 Å². The fourth-order valence-electron chi connectivity index (χ4n) is 3.74. The molecule has 1 saturated heterocycles. The van der Waals surface area contributed by atoms with Crippen molar-refractivity contribution in [3.8, 4) is 0 Å². The summed E-state index contributed by atoms with van der Waals surface area (Å²) in [7, 11) is -2.14. The van der Waals surface area contributed by atoms with Crippen molar-refractivity contribution in [3.05, 3.63) is 52.3 Å². The number of imidazole rings is 1. The molecule has 4 N–H and O–H groups in total. The number of carbonyl (C=O) groups is 1. The topological polar surface area (TPSA) is 124 Å². The summed E-state index contributed by atoms with van der Waals surface area (Å²) in [6, 6.07) is 6.94. The Morgan fingerprint density at radius 2 is 1.85 bits per heavy atom. The van der Waals surface area contributed by atoms with Crippen LogP contribution < -0.4 is 10.5 Å². The number of likely N-dealkylation sites (N-methyl/N-ethyl adjacent to an activating group) is 1. The number of halogens is 2. The van der Waals surface area contributed by atoms with Crippen molar-refractivity contribution in [2.45, 2.75) is 17.4 Å². The van der Waals surface area contributed by atoms with E-state index < -0.39 is 16.1 Å². The van der Waals surface area contributed by atoms with E-state index in [-0.39, 0.29) is 33.0 Å². The summed E-state index contributed by atoms with van der Waals surface area (Å²) in [5, 5.41) is 0.0454. The Kier molecular flexibility index (Phi) is 6.83. The third-order valence-corrected chi connectivity index (χ3v) is 7.77. The Bertz CT molecular complexity index is 1270. The molecule has 1 unspecified atom stereocenters. The standard InChI is InChI=1S/C21H24Cl2N6O3S/c1-28-4-6-29(7-5-28)21(30)19(9-13-2-3-17-18(8-13)26-12-25-17)27-33(31,32)14-10-15(22)20(24)16(23)11-14/h2-3,8,10-12,19,27H,4-7,9,24H2,1H3,(H,25,26). The maximum absolute atomic E-state index is 13.4. The summed E-state index contributed by atoms with van der Waals surface area (Å²) in [6.07, 6.45) is 1.74. The number of hydrogen-bond donors (Lipinski definition) is 3. The highest BCUT2D eigenvalue weighted by Gasteiger charge is 2.31. The van der Waals surface area contributed by atoms with E-state index in [1.807, 2.05) is 25.2 Å². The van der Waals surface area contributed by atoms with Gasteiger partial charge in [0.25, 0.3) is 0 Å². The molecule has 176 valence electrons. The molecule has 1 fully saturated rings. The summed E-state index contributed by atoms with van der Waals surface area (Å²) in [4.78, 5) is 24.3. The van der Waals surface area contributed by atoms with Gasteiger partial charge in [-0.1, -0.05) is 29.3 Å². The summed E-state index contributed by atoms with van der Waals surface area (Å²) >= 11 is 12.1. The molecule has 12 heteroatoms. The molecule has 3 aromatic rings. The summed E-state index contributed by atoms with van der Waals surface area (Å²) in [6.45, 7) is 2.47. The number of aromatic nitrogens is 2. The van der Waals surface area contributed by atoms with Gasteiger partial charge in [-0.05, 0) is 43.3 Å². The monoisotopic (exact) mass is 510 g/mol. The molecule has 2 heterocycles. The van der Waals surface area contributed by atoms with Gasteiger partial charge in [0.1, 0.15) is 6.04 Å². The molecule has 0 spiro atoms. The van der Waals surface area contributed by atoms with Crippen LogP contribution in [0.15, 0.2) is 41.6 Å². The summed E-state index contributed by atoms with van der Waals surface area (Å²) < 4.78 is 29.0. The number of hydrogen-bond acceptors (Lipinski definition) is 6. The van der Waals surface area contributed by atoms with Gasteiger partial charge in [0, 0.05) is 26.2 Å². The Balaban J connectivity index is 1.64. The molecule has 1 aliphatic rings. The number of nitrogens with zero attached hydrogens (tertiary/aromatic N) is 3. The second-order valence-corrected chi connectivity index (χ2v) is 10.6. The second-order valence-electron chi connectivity index (χ2n) is 8.06. The van der Waals surface area contributed by atoms with Gasteiger partial charge in [-0.2, -0.15) is 4.72 Å². The van der Waals surface area contributed by atoms with Crippen molar-refractivity contribution in [1.82, 2.24) is 24.5 Å². The minimum atomic E-state index is -4.12. The maximum atomic E-state index is 13.4. The number of H-pyrrole nitrogens is 1. The number of benzene rings is 2. The number of nitrogen functional groups attached to an aromatic ring is 1. The Hall–Kier alpha value is -2.37. The largest absolute Gasteiger partial charge is 0.396 e. The molecule has 0 bridgehead atoms. The third-order valence-electron chi connectivity index (χ3n) is 5.70. The number of rotatable bonds is 6. The van der Waals surface area contributed by atoms with Gasteiger partial charge >= 0.3 is 0 Å². The zero-order valence-electron chi connectivity index (χ0n) is 17.9. The molecule has 33 heavy (non-hydrogen) atoms. The predicted octanol–water partition coefficient (Wildman–Crippen LogP) is 2.12. The van der Waals surface area contributed by atoms with Crippen molar-refractivity contribution < 1.29 is 13.2 Å². The Morgan fingerprint density at radius 3 is 2.52 bits per heavy atom. The first-order chi connectivity index (χ1) is 15.6. The SMILES string of the molecule is CN1CCN(C(=O)C(Cc2ccc3nc[nH]c3c2)NS(=O)(=O)c2cc(Cl)c(N)c(Cl)c2)CC1. The molecule has 1 atom stereocenters. The van der Waals surface area contributed by atoms with Crippen LogP contribution in [-0.2, 0) is 21.2 Å². The van der Waals surface area contributed by atoms with Crippen LogP contribution in [0, 0.1) is 0 Å². The molecule has 2 aromatic carbocycles. The smallest absolute Gasteiger partial charge is 0.241 e. The molecule has 1 aliphatic heterocycles. The van der Waals surface area contributed by atoms with E-state index >= 15 is 0 Å². The molecule has 1 aromatic heterocycles. The first-order valence-corrected chi connectivity index (χ1v) is 12.5. The van der Waals surface area contributed by atoms with Crippen LogP contribution in [-0.4, -0.2) is 73.4 Å². The average Bonchev–Trinajstić information content (AvgIpc) is 3.24. The lowest BCUT2D eigenvalue weighted by molar-refractivity contribution is -0.134. The van der Waals surface area contributed by atoms with E-state index in [9.17, 15) is 13.2 Å². The molecular weight excluding hydrogens is 487 g/mol. The van der Waals surface area contributed by atoms with E-state index in [1.54, 1.807) is 11.2 Å². The first kappa shape index (κ1) is 23.8. The lowest BCUT2D eigenvalue weighted by Gasteiger charge is -2.34. The van der Waals surface area contributed by atoms with E-state index in [1.165, 1.54) is 12.1 Å². The van der Waals surface area contributed by atoms with Crippen molar-refractivity contribution in [2.24, 2.45) is 0 Å². The molecule has 1 amide bonds. The highest BCUT2D eigenvalue weighted by molar-refractivity contribution is 7.89. The molecule has 9 nitrogen and oxygen atoms in total. The number of fused-ring (bicyclic) bond motifs is 1. The summed E-state index contributed by atoms with van der Waals surface area (Å²) in [5.41, 5.74) is 8.21. The Labute approximate surface area is 201 Å². The average molecular weight is 511 g/mol. The lowest BCUT2D eigenvalue weighted by atomic mass is 10.0. The molecule has 0 aliphatic carbocycles. The quantitative estimate of drug-likeness (QED) is 0.436. The predicted molar refractivity (Wildman–Crippen MR) is 129 cm³/mol. The van der Waals surface area contributed by atoms with Crippen LogP contribution in [0.1, 0.15) is 5.56 Å². The summed E-state index contributed by atoms with van der Waals surface area (Å²) in [5.74, 6) is -0.288. The number of nitrogens with two attached hydrogens (primary N) is 1. The van der Waals surface area contributed by atoms with Crippen LogP contribution >= 0.6 is 23.2 Å². The van der Waals surface area contributed by atoms with Gasteiger partial charge in [-0.15, -0.1) is 0 Å². The first-order valence-electron chi connectivity index (χ1n) is 10.3. The number of nitrogens with one attached hydrogen (secondary N) is 2. The highest BCUT2D eigenvalue weighted by Crippen LogP contribution is 2.31. The van der Waals surface area contributed by atoms with Crippen molar-refractivity contribution in [1.29, 1.82) is 0 Å². The molecule has 0 radical (unpaired) electrons. The Morgan fingerprint density at radius 1 is 1.18 bits per heavy atom. The zero-order valence-corrected chi connectivity index (χ0v) is 20.2. The van der Waals surface area contributed by atoms with Crippen molar-refractivity contribution >= 4 is 55.9 Å². The number of aromatic amines is 1. The number of amides is 1. The van der Waals surface area contributed by atoms with Gasteiger partial charge in [0.05, 0.1) is 38.0 Å². The van der Waals surface area contributed by atoms with E-state index in [0.29, 0.717) is 26.2 Å². The fraction of sp³-hybridized carbons (Fsp3) is 0.333. The normalized spacial score (nSPS) is 16.3. The van der Waals surface area contributed by atoms with E-state index in [4.69, 9.17) is 28.9 Å². The van der Waals surface area contributed by atoms with Crippen molar-refractivity contribution in [2.75, 3.05) is 39.0 Å². The fourth-order valence-corrected chi connectivity index (χ4v) is 5.60. The lowest BCUT2D eigenvalue weighted by Crippen LogP contribution is -2.54. The number of anilines is 1. The van der Waals surface area contributed by atoms with Crippen LogP contribution in [0.25, 0.3) is 11.0 Å². The number of carbonyl (C=O) groups excluding carboxylic acids is 1. The van der Waals surface area contributed by atoms with E-state index in [2.05, 4.69) is 19.6 Å². The van der Waals surface area contributed by atoms with Crippen LogP contribution in [0.2, 0.25) is 10.0 Å². The highest BCUT2D eigenvalue weighted by atomic mass is 35.5. The zero-order chi connectivity index (χ0) is 23.8. The van der Waals surface area contributed by atoms with Crippen molar-refractivity contribution in [3.63, 3.8) is 0 Å². The van der Waals surface area contributed by atoms with Gasteiger partial charge in [-0.25, -0.2) is 13.4 Å². The van der Waals surface area contributed by atoms with Gasteiger partial charge < -0.3 is 20.5 Å². The van der Waals surface area contributed by atoms with Gasteiger partial charge in [0.15, 0.2) is 0 Å². The number of sulfonamides is 1. The van der Waals surface area contributed by atoms with Crippen LogP contribution in [0.3, 0.4) is 0 Å². The third kappa shape index (κ3) is 5.25. The van der Waals surface area contributed by atoms with Gasteiger partial charge in [0.2, 0.25) is 15.9 Å². The molecule has 0 saturated carbocycles. The number of piperazine rings is 1. The molecular formula is C21H24Cl2N6O3S. The minimum absolute atomic E-state index is 0.0227. The minimum Gasteiger partial charge on any atom is -0.396 e. The maximum Gasteiger partial charge on any atom is 0.241 e. The van der Waals surface area contributed by atoms with E-state index in [0.717, 1.165) is 16.6 Å². The van der Waals surface area contributed by atoms with Crippen LogP contribution in [0.5, 0.6) is 0 Å². The second kappa shape index (κ2) is 9.47. The van der Waals surface area contributed by atoms with Crippen LogP contribution in [0.4, 0.5) is 5.69 Å².